The summed E-state index contributed by atoms with van der Waals surface area (Å²) in [6.45, 7) is 2.01. The molecule has 1 unspecified atom stereocenters. The topological polar surface area (TPSA) is 57.8 Å². The molecule has 0 spiro atoms. The van der Waals surface area contributed by atoms with Gasteiger partial charge in [0.1, 0.15) is 5.15 Å². The van der Waals surface area contributed by atoms with E-state index in [2.05, 4.69) is 15.1 Å². The maximum absolute atomic E-state index is 8.66. The van der Waals surface area contributed by atoms with Crippen LogP contribution in [0.5, 0.6) is 0 Å². The zero-order valence-electron chi connectivity index (χ0n) is 9.55. The molecule has 1 saturated carbocycles. The standard InChI is InChI=1S/C12H14ClN3O/c1-8(9-2-5-12(13)14-6-9)11(7-15-17)16-10-3-4-10/h2,5-8,10,17H,3-4H2,1H3. The predicted molar refractivity (Wildman–Crippen MR) is 68.4 cm³/mol. The summed E-state index contributed by atoms with van der Waals surface area (Å²) in [5.41, 5.74) is 1.79. The third-order valence-electron chi connectivity index (χ3n) is 2.76. The minimum atomic E-state index is 0.0521. The molecule has 0 amide bonds. The van der Waals surface area contributed by atoms with Crippen LogP contribution in [0, 0.1) is 0 Å². The Kier molecular flexibility index (Phi) is 3.74. The van der Waals surface area contributed by atoms with Crippen molar-refractivity contribution in [3.05, 3.63) is 29.0 Å². The van der Waals surface area contributed by atoms with Gasteiger partial charge < -0.3 is 5.21 Å². The molecule has 1 atom stereocenters. The monoisotopic (exact) mass is 251 g/mol. The number of halogens is 1. The lowest BCUT2D eigenvalue weighted by Gasteiger charge is -2.11. The van der Waals surface area contributed by atoms with E-state index in [4.69, 9.17) is 16.8 Å². The van der Waals surface area contributed by atoms with Gasteiger partial charge in [-0.1, -0.05) is 29.7 Å². The third-order valence-corrected chi connectivity index (χ3v) is 2.99. The lowest BCUT2D eigenvalue weighted by Crippen LogP contribution is -2.12. The number of aromatic nitrogens is 1. The molecule has 17 heavy (non-hydrogen) atoms. The third kappa shape index (κ3) is 3.27. The normalized spacial score (nSPS) is 18.6. The molecular weight excluding hydrogens is 238 g/mol. The van der Waals surface area contributed by atoms with Crippen LogP contribution in [0.2, 0.25) is 5.15 Å². The van der Waals surface area contributed by atoms with Crippen LogP contribution in [0.4, 0.5) is 0 Å². The van der Waals surface area contributed by atoms with Crippen LogP contribution in [0.15, 0.2) is 28.5 Å². The van der Waals surface area contributed by atoms with Gasteiger partial charge in [-0.2, -0.15) is 0 Å². The fraction of sp³-hybridized carbons (Fsp3) is 0.417. The molecule has 5 heteroatoms. The number of hydrogen-bond donors (Lipinski definition) is 1. The summed E-state index contributed by atoms with van der Waals surface area (Å²) in [5, 5.41) is 12.2. The fourth-order valence-corrected chi connectivity index (χ4v) is 1.66. The highest BCUT2D eigenvalue weighted by atomic mass is 35.5. The van der Waals surface area contributed by atoms with Crippen LogP contribution in [0.25, 0.3) is 0 Å². The molecule has 1 heterocycles. The van der Waals surface area contributed by atoms with Crippen molar-refractivity contribution in [3.63, 3.8) is 0 Å². The summed E-state index contributed by atoms with van der Waals surface area (Å²) >= 11 is 5.74. The summed E-state index contributed by atoms with van der Waals surface area (Å²) in [5.74, 6) is 0.0521. The number of rotatable bonds is 4. The summed E-state index contributed by atoms with van der Waals surface area (Å²) in [6, 6.07) is 4.05. The van der Waals surface area contributed by atoms with Crippen LogP contribution in [0.1, 0.15) is 31.2 Å². The second kappa shape index (κ2) is 5.27. The summed E-state index contributed by atoms with van der Waals surface area (Å²) in [7, 11) is 0. The van der Waals surface area contributed by atoms with E-state index in [1.54, 1.807) is 12.3 Å². The number of pyridine rings is 1. The lowest BCUT2D eigenvalue weighted by atomic mass is 9.98. The maximum atomic E-state index is 8.66. The zero-order chi connectivity index (χ0) is 12.3. The molecule has 0 radical (unpaired) electrons. The first-order valence-corrected chi connectivity index (χ1v) is 5.95. The summed E-state index contributed by atoms with van der Waals surface area (Å²) < 4.78 is 0. The van der Waals surface area contributed by atoms with E-state index in [0.717, 1.165) is 24.1 Å². The molecule has 0 saturated heterocycles. The molecule has 4 nitrogen and oxygen atoms in total. The molecule has 2 rings (SSSR count). The molecule has 1 aromatic heterocycles. The average molecular weight is 252 g/mol. The van der Waals surface area contributed by atoms with Crippen LogP contribution < -0.4 is 0 Å². The van der Waals surface area contributed by atoms with Gasteiger partial charge in [-0.3, -0.25) is 4.99 Å². The smallest absolute Gasteiger partial charge is 0.129 e. The van der Waals surface area contributed by atoms with Crippen LogP contribution in [-0.2, 0) is 0 Å². The lowest BCUT2D eigenvalue weighted by molar-refractivity contribution is 0.322. The highest BCUT2D eigenvalue weighted by molar-refractivity contribution is 6.33. The van der Waals surface area contributed by atoms with Gasteiger partial charge in [0.25, 0.3) is 0 Å². The second-order valence-electron chi connectivity index (χ2n) is 4.17. The molecule has 1 aliphatic rings. The number of hydrogen-bond acceptors (Lipinski definition) is 4. The Hall–Kier alpha value is -1.42. The molecule has 1 N–H and O–H groups in total. The summed E-state index contributed by atoms with van der Waals surface area (Å²) in [6.07, 6.45) is 5.36. The Morgan fingerprint density at radius 3 is 2.88 bits per heavy atom. The van der Waals surface area contributed by atoms with E-state index in [1.165, 1.54) is 6.21 Å². The first-order valence-electron chi connectivity index (χ1n) is 5.57. The fourth-order valence-electron chi connectivity index (χ4n) is 1.54. The zero-order valence-corrected chi connectivity index (χ0v) is 10.3. The first-order chi connectivity index (χ1) is 8.20. The van der Waals surface area contributed by atoms with Crippen LogP contribution >= 0.6 is 11.6 Å². The van der Waals surface area contributed by atoms with Crippen molar-refractivity contribution in [1.29, 1.82) is 0 Å². The van der Waals surface area contributed by atoms with E-state index in [1.807, 2.05) is 13.0 Å². The second-order valence-corrected chi connectivity index (χ2v) is 4.55. The van der Waals surface area contributed by atoms with Crippen LogP contribution in [-0.4, -0.2) is 28.2 Å². The molecular formula is C12H14ClN3O. The van der Waals surface area contributed by atoms with E-state index in [9.17, 15) is 0 Å². The Morgan fingerprint density at radius 1 is 1.59 bits per heavy atom. The van der Waals surface area contributed by atoms with E-state index in [-0.39, 0.29) is 5.92 Å². The van der Waals surface area contributed by atoms with Gasteiger partial charge >= 0.3 is 0 Å². The number of nitrogens with zero attached hydrogens (tertiary/aromatic N) is 3. The van der Waals surface area contributed by atoms with Crippen molar-refractivity contribution in [2.75, 3.05) is 0 Å². The maximum Gasteiger partial charge on any atom is 0.129 e. The van der Waals surface area contributed by atoms with Gasteiger partial charge in [0.05, 0.1) is 18.0 Å². The van der Waals surface area contributed by atoms with Gasteiger partial charge in [0.15, 0.2) is 0 Å². The van der Waals surface area contributed by atoms with Crippen molar-refractivity contribution in [2.24, 2.45) is 10.1 Å². The van der Waals surface area contributed by atoms with Crippen molar-refractivity contribution in [3.8, 4) is 0 Å². The van der Waals surface area contributed by atoms with Crippen molar-refractivity contribution < 1.29 is 5.21 Å². The Bertz CT molecular complexity index is 438. The highest BCUT2D eigenvalue weighted by Crippen LogP contribution is 2.26. The van der Waals surface area contributed by atoms with Gasteiger partial charge in [-0.05, 0) is 24.5 Å². The Morgan fingerprint density at radius 2 is 2.35 bits per heavy atom. The first kappa shape index (κ1) is 12.0. The number of aliphatic imine (C=N–C) groups is 1. The quantitative estimate of drug-likeness (QED) is 0.387. The Balaban J connectivity index is 2.20. The minimum absolute atomic E-state index is 0.0521. The van der Waals surface area contributed by atoms with Gasteiger partial charge in [-0.25, -0.2) is 4.98 Å². The largest absolute Gasteiger partial charge is 0.411 e. The minimum Gasteiger partial charge on any atom is -0.411 e. The number of oxime groups is 1. The average Bonchev–Trinajstić information content (AvgIpc) is 3.13. The molecule has 0 bridgehead atoms. The molecule has 90 valence electrons. The van der Waals surface area contributed by atoms with Crippen LogP contribution in [0.3, 0.4) is 0 Å². The van der Waals surface area contributed by atoms with E-state index < -0.39 is 0 Å². The van der Waals surface area contributed by atoms with E-state index >= 15 is 0 Å². The van der Waals surface area contributed by atoms with Gasteiger partial charge in [-0.15, -0.1) is 0 Å². The predicted octanol–water partition coefficient (Wildman–Crippen LogP) is 2.90. The molecule has 1 aliphatic carbocycles. The molecule has 1 aromatic rings. The van der Waals surface area contributed by atoms with Crippen molar-refractivity contribution >= 4 is 23.5 Å². The molecule has 1 fully saturated rings. The van der Waals surface area contributed by atoms with Gasteiger partial charge in [0, 0.05) is 12.1 Å². The van der Waals surface area contributed by atoms with Crippen molar-refractivity contribution in [1.82, 2.24) is 4.98 Å². The molecule has 0 aromatic carbocycles. The molecule has 0 aliphatic heterocycles. The van der Waals surface area contributed by atoms with E-state index in [0.29, 0.717) is 11.2 Å². The SMILES string of the molecule is CC(C(C=NO)=NC1CC1)c1ccc(Cl)nc1. The highest BCUT2D eigenvalue weighted by Gasteiger charge is 2.22. The van der Waals surface area contributed by atoms with Gasteiger partial charge in [0.2, 0.25) is 0 Å². The summed E-state index contributed by atoms with van der Waals surface area (Å²) in [4.78, 5) is 8.56. The van der Waals surface area contributed by atoms with Crippen molar-refractivity contribution in [2.45, 2.75) is 31.7 Å². The Labute approximate surface area is 105 Å².